The fourth-order valence-electron chi connectivity index (χ4n) is 1.64. The molecular formula is C16H26N4O. The van der Waals surface area contributed by atoms with Crippen LogP contribution in [0.25, 0.3) is 0 Å². The van der Waals surface area contributed by atoms with Crippen molar-refractivity contribution in [3.05, 3.63) is 35.9 Å². The number of aliphatic imine (C=N–C) groups is 1. The zero-order valence-corrected chi connectivity index (χ0v) is 13.1. The Kier molecular flexibility index (Phi) is 6.72. The maximum Gasteiger partial charge on any atom is 0.225 e. The quantitative estimate of drug-likeness (QED) is 0.420. The van der Waals surface area contributed by atoms with Gasteiger partial charge in [-0.15, -0.1) is 0 Å². The number of amides is 1. The Labute approximate surface area is 127 Å². The van der Waals surface area contributed by atoms with Gasteiger partial charge in [0, 0.05) is 25.0 Å². The van der Waals surface area contributed by atoms with Gasteiger partial charge in [0.15, 0.2) is 5.96 Å². The zero-order chi connectivity index (χ0) is 15.7. The number of rotatable bonds is 6. The van der Waals surface area contributed by atoms with E-state index in [-0.39, 0.29) is 11.3 Å². The minimum Gasteiger partial charge on any atom is -0.370 e. The molecule has 0 fully saturated rings. The third-order valence-corrected chi connectivity index (χ3v) is 2.92. The molecule has 0 aliphatic rings. The summed E-state index contributed by atoms with van der Waals surface area (Å²) in [7, 11) is 0. The van der Waals surface area contributed by atoms with Crippen molar-refractivity contribution in [3.63, 3.8) is 0 Å². The highest BCUT2D eigenvalue weighted by atomic mass is 16.2. The highest BCUT2D eigenvalue weighted by Gasteiger charge is 2.20. The van der Waals surface area contributed by atoms with E-state index >= 15 is 0 Å². The fraction of sp³-hybridized carbons (Fsp3) is 0.500. The van der Waals surface area contributed by atoms with Gasteiger partial charge in [-0.1, -0.05) is 51.1 Å². The van der Waals surface area contributed by atoms with Crippen molar-refractivity contribution in [2.45, 2.75) is 27.2 Å². The standard InChI is InChI=1S/C16H26N4O/c1-16(2,3)14(21)18-11-12-20-15(17)19-10-9-13-7-5-4-6-8-13/h4-8H,9-12H2,1-3H3,(H,18,21)(H3,17,19,20). The average molecular weight is 290 g/mol. The summed E-state index contributed by atoms with van der Waals surface area (Å²) in [6.45, 7) is 7.41. The highest BCUT2D eigenvalue weighted by Crippen LogP contribution is 2.11. The Bertz CT molecular complexity index is 463. The van der Waals surface area contributed by atoms with Crippen LogP contribution in [-0.4, -0.2) is 31.5 Å². The van der Waals surface area contributed by atoms with E-state index in [0.717, 1.165) is 6.42 Å². The summed E-state index contributed by atoms with van der Waals surface area (Å²) in [4.78, 5) is 15.9. The minimum atomic E-state index is -0.366. The normalized spacial score (nSPS) is 12.0. The molecule has 0 spiro atoms. The second-order valence-corrected chi connectivity index (χ2v) is 5.94. The van der Waals surface area contributed by atoms with Crippen LogP contribution >= 0.6 is 0 Å². The molecule has 0 saturated carbocycles. The summed E-state index contributed by atoms with van der Waals surface area (Å²) in [6.07, 6.45) is 0.865. The minimum absolute atomic E-state index is 0.0314. The van der Waals surface area contributed by atoms with Gasteiger partial charge >= 0.3 is 0 Å². The lowest BCUT2D eigenvalue weighted by Gasteiger charge is -2.17. The molecule has 1 aromatic carbocycles. The number of hydrogen-bond donors (Lipinski definition) is 3. The number of nitrogens with two attached hydrogens (primary N) is 1. The molecule has 21 heavy (non-hydrogen) atoms. The number of benzene rings is 1. The van der Waals surface area contributed by atoms with Gasteiger partial charge < -0.3 is 16.4 Å². The predicted octanol–water partition coefficient (Wildman–Crippen LogP) is 1.30. The summed E-state index contributed by atoms with van der Waals surface area (Å²) >= 11 is 0. The van der Waals surface area contributed by atoms with Crippen molar-refractivity contribution in [2.75, 3.05) is 19.6 Å². The van der Waals surface area contributed by atoms with Crippen LogP contribution in [0.2, 0.25) is 0 Å². The molecule has 0 unspecified atom stereocenters. The second kappa shape index (κ2) is 8.29. The molecule has 0 atom stereocenters. The Hall–Kier alpha value is -2.04. The topological polar surface area (TPSA) is 79.5 Å². The smallest absolute Gasteiger partial charge is 0.225 e. The third kappa shape index (κ3) is 7.34. The molecule has 0 aromatic heterocycles. The predicted molar refractivity (Wildman–Crippen MR) is 87.1 cm³/mol. The largest absolute Gasteiger partial charge is 0.370 e. The molecule has 0 bridgehead atoms. The number of hydrogen-bond acceptors (Lipinski definition) is 2. The Morgan fingerprint density at radius 3 is 2.38 bits per heavy atom. The SMILES string of the molecule is CC(C)(C)C(=O)NCCNC(N)=NCCc1ccccc1. The summed E-state index contributed by atoms with van der Waals surface area (Å²) in [5.41, 5.74) is 6.64. The Morgan fingerprint density at radius 1 is 1.14 bits per heavy atom. The van der Waals surface area contributed by atoms with E-state index in [0.29, 0.717) is 25.6 Å². The molecule has 5 nitrogen and oxygen atoms in total. The van der Waals surface area contributed by atoms with Crippen molar-refractivity contribution >= 4 is 11.9 Å². The van der Waals surface area contributed by atoms with Crippen LogP contribution in [0.1, 0.15) is 26.3 Å². The van der Waals surface area contributed by atoms with Crippen molar-refractivity contribution in [1.82, 2.24) is 10.6 Å². The Morgan fingerprint density at radius 2 is 1.76 bits per heavy atom. The molecular weight excluding hydrogens is 264 g/mol. The number of nitrogens with zero attached hydrogens (tertiary/aromatic N) is 1. The van der Waals surface area contributed by atoms with Gasteiger partial charge in [0.05, 0.1) is 0 Å². The van der Waals surface area contributed by atoms with E-state index < -0.39 is 0 Å². The van der Waals surface area contributed by atoms with E-state index in [1.165, 1.54) is 5.56 Å². The number of nitrogens with one attached hydrogen (secondary N) is 2. The molecule has 0 aliphatic heterocycles. The lowest BCUT2D eigenvalue weighted by atomic mass is 9.96. The first kappa shape index (κ1) is 17.0. The van der Waals surface area contributed by atoms with Gasteiger partial charge in [0.25, 0.3) is 0 Å². The summed E-state index contributed by atoms with van der Waals surface area (Å²) in [5.74, 6) is 0.444. The lowest BCUT2D eigenvalue weighted by Crippen LogP contribution is -2.41. The number of carbonyl (C=O) groups is 1. The van der Waals surface area contributed by atoms with Gasteiger partial charge in [-0.05, 0) is 12.0 Å². The van der Waals surface area contributed by atoms with E-state index in [1.54, 1.807) is 0 Å². The summed E-state index contributed by atoms with van der Waals surface area (Å²) in [5, 5.41) is 5.84. The van der Waals surface area contributed by atoms with E-state index in [4.69, 9.17) is 5.73 Å². The van der Waals surface area contributed by atoms with Gasteiger partial charge in [-0.2, -0.15) is 0 Å². The molecule has 0 heterocycles. The van der Waals surface area contributed by atoms with Crippen LogP contribution in [0.3, 0.4) is 0 Å². The van der Waals surface area contributed by atoms with Crippen molar-refractivity contribution in [1.29, 1.82) is 0 Å². The first-order valence-electron chi connectivity index (χ1n) is 7.25. The first-order chi connectivity index (χ1) is 9.89. The van der Waals surface area contributed by atoms with E-state index in [2.05, 4.69) is 27.8 Å². The molecule has 116 valence electrons. The molecule has 0 radical (unpaired) electrons. The van der Waals surface area contributed by atoms with Gasteiger partial charge in [0.1, 0.15) is 0 Å². The maximum atomic E-state index is 11.6. The van der Waals surface area contributed by atoms with Crippen molar-refractivity contribution in [2.24, 2.45) is 16.1 Å². The molecule has 1 rings (SSSR count). The molecule has 1 aromatic rings. The fourth-order valence-corrected chi connectivity index (χ4v) is 1.64. The second-order valence-electron chi connectivity index (χ2n) is 5.94. The zero-order valence-electron chi connectivity index (χ0n) is 13.1. The van der Waals surface area contributed by atoms with Crippen LogP contribution in [0.15, 0.2) is 35.3 Å². The lowest BCUT2D eigenvalue weighted by molar-refractivity contribution is -0.128. The monoisotopic (exact) mass is 290 g/mol. The van der Waals surface area contributed by atoms with Crippen LogP contribution < -0.4 is 16.4 Å². The van der Waals surface area contributed by atoms with Crippen molar-refractivity contribution < 1.29 is 4.79 Å². The average Bonchev–Trinajstić information content (AvgIpc) is 2.43. The van der Waals surface area contributed by atoms with Crippen LogP contribution in [0.5, 0.6) is 0 Å². The van der Waals surface area contributed by atoms with Crippen LogP contribution in [0, 0.1) is 5.41 Å². The van der Waals surface area contributed by atoms with Gasteiger partial charge in [0.2, 0.25) is 5.91 Å². The third-order valence-electron chi connectivity index (χ3n) is 2.92. The van der Waals surface area contributed by atoms with E-state index in [9.17, 15) is 4.79 Å². The highest BCUT2D eigenvalue weighted by molar-refractivity contribution is 5.81. The van der Waals surface area contributed by atoms with E-state index in [1.807, 2.05) is 39.0 Å². The maximum absolute atomic E-state index is 11.6. The summed E-state index contributed by atoms with van der Waals surface area (Å²) < 4.78 is 0. The number of carbonyl (C=O) groups excluding carboxylic acids is 1. The molecule has 0 aliphatic carbocycles. The van der Waals surface area contributed by atoms with Gasteiger partial charge in [-0.25, -0.2) is 0 Å². The Balaban J connectivity index is 2.17. The first-order valence-corrected chi connectivity index (χ1v) is 7.25. The van der Waals surface area contributed by atoms with Crippen LogP contribution in [0.4, 0.5) is 0 Å². The summed E-state index contributed by atoms with van der Waals surface area (Å²) in [6, 6.07) is 10.2. The molecule has 1 amide bonds. The molecule has 4 N–H and O–H groups in total. The van der Waals surface area contributed by atoms with Crippen molar-refractivity contribution in [3.8, 4) is 0 Å². The number of guanidine groups is 1. The van der Waals surface area contributed by atoms with Crippen LogP contribution in [-0.2, 0) is 11.2 Å². The molecule has 5 heteroatoms. The molecule has 0 saturated heterocycles. The van der Waals surface area contributed by atoms with Gasteiger partial charge in [-0.3, -0.25) is 9.79 Å².